The molecule has 2 heterocycles. The van der Waals surface area contributed by atoms with Crippen LogP contribution in [0.3, 0.4) is 0 Å². The predicted molar refractivity (Wildman–Crippen MR) is 54.3 cm³/mol. The monoisotopic (exact) mass is 223 g/mol. The standard InChI is InChI=1S/C9H6FN3OS/c10-7-3-1-2-6(12-7)8(14)13-9-11-4-5-15-9/h1-5H,(H,11,13,14). The molecule has 0 aliphatic heterocycles. The lowest BCUT2D eigenvalue weighted by Gasteiger charge is -1.99. The van der Waals surface area contributed by atoms with Gasteiger partial charge in [-0.05, 0) is 12.1 Å². The normalized spacial score (nSPS) is 9.93. The summed E-state index contributed by atoms with van der Waals surface area (Å²) >= 11 is 1.29. The maximum atomic E-state index is 12.7. The molecule has 0 saturated carbocycles. The van der Waals surface area contributed by atoms with Crippen molar-refractivity contribution in [3.8, 4) is 0 Å². The summed E-state index contributed by atoms with van der Waals surface area (Å²) in [5.74, 6) is -1.15. The number of hydrogen-bond acceptors (Lipinski definition) is 4. The minimum absolute atomic E-state index is 0.0326. The summed E-state index contributed by atoms with van der Waals surface area (Å²) in [4.78, 5) is 18.8. The first-order valence-electron chi connectivity index (χ1n) is 4.09. The molecule has 6 heteroatoms. The quantitative estimate of drug-likeness (QED) is 0.791. The second-order valence-electron chi connectivity index (χ2n) is 2.64. The van der Waals surface area contributed by atoms with Crippen LogP contribution >= 0.6 is 11.3 Å². The molecule has 1 N–H and O–H groups in total. The summed E-state index contributed by atoms with van der Waals surface area (Å²) in [5, 5.41) is 4.70. The van der Waals surface area contributed by atoms with Gasteiger partial charge in [0.15, 0.2) is 5.13 Å². The molecule has 2 aromatic heterocycles. The first-order chi connectivity index (χ1) is 7.25. The van der Waals surface area contributed by atoms with E-state index >= 15 is 0 Å². The van der Waals surface area contributed by atoms with Crippen LogP contribution in [0.1, 0.15) is 10.5 Å². The van der Waals surface area contributed by atoms with Gasteiger partial charge >= 0.3 is 0 Å². The molecule has 0 aliphatic carbocycles. The minimum Gasteiger partial charge on any atom is -0.296 e. The van der Waals surface area contributed by atoms with Crippen LogP contribution in [0.25, 0.3) is 0 Å². The summed E-state index contributed by atoms with van der Waals surface area (Å²) in [6.07, 6.45) is 1.57. The molecule has 76 valence electrons. The average Bonchev–Trinajstić information content (AvgIpc) is 2.70. The SMILES string of the molecule is O=C(Nc1nccs1)c1cccc(F)n1. The number of thiazole rings is 1. The smallest absolute Gasteiger partial charge is 0.276 e. The van der Waals surface area contributed by atoms with Gasteiger partial charge in [-0.2, -0.15) is 4.39 Å². The zero-order chi connectivity index (χ0) is 10.7. The molecule has 15 heavy (non-hydrogen) atoms. The van der Waals surface area contributed by atoms with Crippen LogP contribution in [0.4, 0.5) is 9.52 Å². The van der Waals surface area contributed by atoms with E-state index in [1.54, 1.807) is 11.6 Å². The van der Waals surface area contributed by atoms with Crippen LogP contribution < -0.4 is 5.32 Å². The molecule has 0 bridgehead atoms. The van der Waals surface area contributed by atoms with Crippen molar-refractivity contribution in [3.05, 3.63) is 41.4 Å². The third-order valence-electron chi connectivity index (χ3n) is 1.60. The second kappa shape index (κ2) is 4.14. The second-order valence-corrected chi connectivity index (χ2v) is 3.53. The van der Waals surface area contributed by atoms with Gasteiger partial charge in [-0.3, -0.25) is 10.1 Å². The van der Waals surface area contributed by atoms with E-state index in [0.717, 1.165) is 0 Å². The topological polar surface area (TPSA) is 54.9 Å². The number of nitrogens with zero attached hydrogens (tertiary/aromatic N) is 2. The van der Waals surface area contributed by atoms with Gasteiger partial charge in [-0.25, -0.2) is 9.97 Å². The number of rotatable bonds is 2. The van der Waals surface area contributed by atoms with Crippen molar-refractivity contribution < 1.29 is 9.18 Å². The van der Waals surface area contributed by atoms with Crippen molar-refractivity contribution in [2.24, 2.45) is 0 Å². The van der Waals surface area contributed by atoms with Crippen LogP contribution in [0.5, 0.6) is 0 Å². The van der Waals surface area contributed by atoms with E-state index in [4.69, 9.17) is 0 Å². The lowest BCUT2D eigenvalue weighted by Crippen LogP contribution is -2.13. The van der Waals surface area contributed by atoms with Crippen LogP contribution in [-0.4, -0.2) is 15.9 Å². The van der Waals surface area contributed by atoms with Crippen LogP contribution in [-0.2, 0) is 0 Å². The number of carbonyl (C=O) groups is 1. The summed E-state index contributed by atoms with van der Waals surface area (Å²) in [6, 6.07) is 4.05. The Kier molecular flexibility index (Phi) is 2.68. The number of carbonyl (C=O) groups excluding carboxylic acids is 1. The maximum Gasteiger partial charge on any atom is 0.276 e. The number of halogens is 1. The number of aromatic nitrogens is 2. The zero-order valence-corrected chi connectivity index (χ0v) is 8.29. The Morgan fingerprint density at radius 3 is 3.00 bits per heavy atom. The molecule has 0 atom stereocenters. The molecule has 0 unspecified atom stereocenters. The highest BCUT2D eigenvalue weighted by Crippen LogP contribution is 2.11. The van der Waals surface area contributed by atoms with Crippen molar-refractivity contribution in [1.29, 1.82) is 0 Å². The van der Waals surface area contributed by atoms with Gasteiger partial charge in [-0.15, -0.1) is 11.3 Å². The van der Waals surface area contributed by atoms with Gasteiger partial charge in [0, 0.05) is 11.6 Å². The molecule has 0 saturated heterocycles. The first-order valence-corrected chi connectivity index (χ1v) is 4.97. The highest BCUT2D eigenvalue weighted by molar-refractivity contribution is 7.13. The Labute approximate surface area is 88.8 Å². The summed E-state index contributed by atoms with van der Waals surface area (Å²) in [6.45, 7) is 0. The Morgan fingerprint density at radius 2 is 2.33 bits per heavy atom. The van der Waals surface area contributed by atoms with E-state index in [1.807, 2.05) is 0 Å². The fourth-order valence-electron chi connectivity index (χ4n) is 0.981. The first kappa shape index (κ1) is 9.72. The van der Waals surface area contributed by atoms with Gasteiger partial charge < -0.3 is 0 Å². The number of amides is 1. The Bertz CT molecular complexity index is 472. The zero-order valence-electron chi connectivity index (χ0n) is 7.48. The Balaban J connectivity index is 2.15. The van der Waals surface area contributed by atoms with E-state index in [9.17, 15) is 9.18 Å². The molecule has 0 fully saturated rings. The van der Waals surface area contributed by atoms with Gasteiger partial charge in [0.05, 0.1) is 0 Å². The summed E-state index contributed by atoms with van der Waals surface area (Å²) < 4.78 is 12.7. The molecule has 4 nitrogen and oxygen atoms in total. The Hall–Kier alpha value is -1.82. The van der Waals surface area contributed by atoms with Crippen molar-refractivity contribution in [2.75, 3.05) is 5.32 Å². The van der Waals surface area contributed by atoms with E-state index in [1.165, 1.54) is 29.5 Å². The van der Waals surface area contributed by atoms with E-state index in [2.05, 4.69) is 15.3 Å². The third-order valence-corrected chi connectivity index (χ3v) is 2.29. The summed E-state index contributed by atoms with van der Waals surface area (Å²) in [5.41, 5.74) is 0.0326. The third kappa shape index (κ3) is 2.35. The average molecular weight is 223 g/mol. The molecule has 2 aromatic rings. The molecule has 1 amide bonds. The van der Waals surface area contributed by atoms with Gasteiger partial charge in [0.1, 0.15) is 5.69 Å². The molecule has 0 spiro atoms. The fourth-order valence-corrected chi connectivity index (χ4v) is 1.51. The van der Waals surface area contributed by atoms with E-state index in [0.29, 0.717) is 5.13 Å². The largest absolute Gasteiger partial charge is 0.296 e. The van der Waals surface area contributed by atoms with Crippen molar-refractivity contribution in [2.45, 2.75) is 0 Å². The Morgan fingerprint density at radius 1 is 1.47 bits per heavy atom. The lowest BCUT2D eigenvalue weighted by atomic mass is 10.3. The van der Waals surface area contributed by atoms with Crippen molar-refractivity contribution in [3.63, 3.8) is 0 Å². The fraction of sp³-hybridized carbons (Fsp3) is 0. The van der Waals surface area contributed by atoms with Crippen LogP contribution in [0.2, 0.25) is 0 Å². The van der Waals surface area contributed by atoms with Gasteiger partial charge in [0.25, 0.3) is 5.91 Å². The lowest BCUT2D eigenvalue weighted by molar-refractivity contribution is 0.102. The van der Waals surface area contributed by atoms with Crippen molar-refractivity contribution in [1.82, 2.24) is 9.97 Å². The number of anilines is 1. The minimum atomic E-state index is -0.679. The molecular formula is C9H6FN3OS. The van der Waals surface area contributed by atoms with E-state index < -0.39 is 11.9 Å². The maximum absolute atomic E-state index is 12.7. The highest BCUT2D eigenvalue weighted by atomic mass is 32.1. The number of pyridine rings is 1. The highest BCUT2D eigenvalue weighted by Gasteiger charge is 2.09. The molecule has 2 rings (SSSR count). The molecule has 0 aliphatic rings. The predicted octanol–water partition coefficient (Wildman–Crippen LogP) is 1.93. The molecular weight excluding hydrogens is 217 g/mol. The number of nitrogens with one attached hydrogen (secondary N) is 1. The summed E-state index contributed by atoms with van der Waals surface area (Å²) in [7, 11) is 0. The van der Waals surface area contributed by atoms with Crippen LogP contribution in [0.15, 0.2) is 29.8 Å². The van der Waals surface area contributed by atoms with Crippen molar-refractivity contribution >= 4 is 22.4 Å². The van der Waals surface area contributed by atoms with Gasteiger partial charge in [0.2, 0.25) is 5.95 Å². The van der Waals surface area contributed by atoms with Gasteiger partial charge in [-0.1, -0.05) is 6.07 Å². The number of hydrogen-bond donors (Lipinski definition) is 1. The van der Waals surface area contributed by atoms with Crippen LogP contribution in [0, 0.1) is 5.95 Å². The van der Waals surface area contributed by atoms with E-state index in [-0.39, 0.29) is 5.69 Å². The molecule has 0 aromatic carbocycles. The molecule has 0 radical (unpaired) electrons.